The third kappa shape index (κ3) is 4.08. The third-order valence-electron chi connectivity index (χ3n) is 2.84. The van der Waals surface area contributed by atoms with Crippen LogP contribution < -0.4 is 5.73 Å². The quantitative estimate of drug-likeness (QED) is 0.682. The molecule has 0 aromatic heterocycles. The molecule has 0 aliphatic rings. The molecule has 0 fully saturated rings. The molecule has 0 saturated carbocycles. The Morgan fingerprint density at radius 2 is 1.85 bits per heavy atom. The van der Waals surface area contributed by atoms with Crippen LogP contribution in [-0.2, 0) is 0 Å². The van der Waals surface area contributed by atoms with E-state index in [2.05, 4.69) is 13.8 Å². The Labute approximate surface area is 81.9 Å². The molecule has 0 aromatic rings. The van der Waals surface area contributed by atoms with E-state index < -0.39 is 5.67 Å². The number of rotatable bonds is 6. The van der Waals surface area contributed by atoms with Crippen molar-refractivity contribution in [2.24, 2.45) is 17.6 Å². The molecular weight excluding hydrogens is 165 g/mol. The number of halogens is 1. The van der Waals surface area contributed by atoms with E-state index in [0.717, 1.165) is 12.8 Å². The normalized spacial score (nSPS) is 18.7. The van der Waals surface area contributed by atoms with E-state index >= 15 is 0 Å². The van der Waals surface area contributed by atoms with Crippen molar-refractivity contribution in [3.8, 4) is 0 Å². The van der Waals surface area contributed by atoms with Crippen LogP contribution in [-0.4, -0.2) is 12.2 Å². The number of alkyl halides is 1. The third-order valence-corrected chi connectivity index (χ3v) is 2.84. The van der Waals surface area contributed by atoms with E-state index in [1.807, 2.05) is 13.8 Å². The fraction of sp³-hybridized carbons (Fsp3) is 1.00. The van der Waals surface area contributed by atoms with Gasteiger partial charge < -0.3 is 5.73 Å². The minimum atomic E-state index is -1.16. The van der Waals surface area contributed by atoms with E-state index in [9.17, 15) is 4.39 Å². The first-order valence-corrected chi connectivity index (χ1v) is 5.35. The molecule has 2 unspecified atom stereocenters. The largest absolute Gasteiger partial charge is 0.328 e. The van der Waals surface area contributed by atoms with Gasteiger partial charge in [-0.2, -0.15) is 0 Å². The summed E-state index contributed by atoms with van der Waals surface area (Å²) in [5.41, 5.74) is 4.32. The molecule has 0 bridgehead atoms. The number of nitrogens with two attached hydrogens (primary N) is 1. The number of hydrogen-bond donors (Lipinski definition) is 1. The van der Waals surface area contributed by atoms with Crippen molar-refractivity contribution < 1.29 is 4.39 Å². The van der Waals surface area contributed by atoms with Gasteiger partial charge in [0.2, 0.25) is 0 Å². The Bertz CT molecular complexity index is 136. The molecule has 0 rings (SSSR count). The van der Waals surface area contributed by atoms with Gasteiger partial charge in [0, 0.05) is 6.54 Å². The Hall–Kier alpha value is -0.110. The summed E-state index contributed by atoms with van der Waals surface area (Å²) in [4.78, 5) is 0. The average molecular weight is 189 g/mol. The first-order valence-electron chi connectivity index (χ1n) is 5.35. The molecule has 1 nitrogen and oxygen atoms in total. The second-order valence-electron chi connectivity index (χ2n) is 4.49. The summed E-state index contributed by atoms with van der Waals surface area (Å²) in [6.45, 7) is 8.21. The van der Waals surface area contributed by atoms with Crippen molar-refractivity contribution in [2.45, 2.75) is 52.6 Å². The summed E-state index contributed by atoms with van der Waals surface area (Å²) >= 11 is 0. The summed E-state index contributed by atoms with van der Waals surface area (Å²) in [5.74, 6) is 0.470. The zero-order valence-corrected chi connectivity index (χ0v) is 9.44. The van der Waals surface area contributed by atoms with Crippen molar-refractivity contribution in [3.05, 3.63) is 0 Å². The van der Waals surface area contributed by atoms with Crippen LogP contribution in [0.4, 0.5) is 4.39 Å². The van der Waals surface area contributed by atoms with Crippen molar-refractivity contribution in [1.29, 1.82) is 0 Å². The summed E-state index contributed by atoms with van der Waals surface area (Å²) in [6.07, 6.45) is 2.83. The maximum absolute atomic E-state index is 14.1. The van der Waals surface area contributed by atoms with Gasteiger partial charge in [-0.15, -0.1) is 0 Å². The first-order chi connectivity index (χ1) is 5.96. The highest BCUT2D eigenvalue weighted by atomic mass is 19.1. The minimum absolute atomic E-state index is 0.0248. The summed E-state index contributed by atoms with van der Waals surface area (Å²) in [7, 11) is 0. The van der Waals surface area contributed by atoms with E-state index in [0.29, 0.717) is 12.3 Å². The maximum atomic E-state index is 14.1. The van der Waals surface area contributed by atoms with Crippen LogP contribution in [0.15, 0.2) is 0 Å². The molecular formula is C11H24FN. The fourth-order valence-electron chi connectivity index (χ4n) is 1.73. The Balaban J connectivity index is 4.10. The van der Waals surface area contributed by atoms with Crippen LogP contribution in [0.3, 0.4) is 0 Å². The molecule has 0 aliphatic carbocycles. The second kappa shape index (κ2) is 5.58. The summed E-state index contributed by atoms with van der Waals surface area (Å²) in [6, 6.07) is 0. The fourth-order valence-corrected chi connectivity index (χ4v) is 1.73. The molecule has 2 heteroatoms. The lowest BCUT2D eigenvalue weighted by Gasteiger charge is -2.30. The van der Waals surface area contributed by atoms with Gasteiger partial charge in [0.1, 0.15) is 5.67 Å². The lowest BCUT2D eigenvalue weighted by Crippen LogP contribution is -2.39. The monoisotopic (exact) mass is 189 g/mol. The Morgan fingerprint density at radius 3 is 2.15 bits per heavy atom. The van der Waals surface area contributed by atoms with E-state index in [-0.39, 0.29) is 12.5 Å². The Kier molecular flexibility index (Phi) is 5.54. The molecule has 0 aliphatic heterocycles. The summed E-state index contributed by atoms with van der Waals surface area (Å²) in [5, 5.41) is 0. The molecule has 2 N–H and O–H groups in total. The lowest BCUT2D eigenvalue weighted by molar-refractivity contribution is 0.0784. The van der Waals surface area contributed by atoms with E-state index in [4.69, 9.17) is 5.73 Å². The average Bonchev–Trinajstić information content (AvgIpc) is 2.04. The highest BCUT2D eigenvalue weighted by Gasteiger charge is 2.33. The number of hydrogen-bond acceptors (Lipinski definition) is 1. The highest BCUT2D eigenvalue weighted by Crippen LogP contribution is 2.30. The van der Waals surface area contributed by atoms with Gasteiger partial charge in [-0.05, 0) is 18.3 Å². The second-order valence-corrected chi connectivity index (χ2v) is 4.49. The zero-order valence-electron chi connectivity index (χ0n) is 9.44. The molecule has 80 valence electrons. The van der Waals surface area contributed by atoms with Gasteiger partial charge in [-0.1, -0.05) is 40.5 Å². The molecule has 0 heterocycles. The molecule has 0 spiro atoms. The van der Waals surface area contributed by atoms with Crippen molar-refractivity contribution >= 4 is 0 Å². The van der Waals surface area contributed by atoms with Crippen LogP contribution in [0.5, 0.6) is 0 Å². The van der Waals surface area contributed by atoms with Crippen LogP contribution >= 0.6 is 0 Å². The van der Waals surface area contributed by atoms with Gasteiger partial charge in [0.25, 0.3) is 0 Å². The smallest absolute Gasteiger partial charge is 0.125 e. The highest BCUT2D eigenvalue weighted by molar-refractivity contribution is 4.85. The molecule has 2 atom stereocenters. The van der Waals surface area contributed by atoms with Gasteiger partial charge in [-0.3, -0.25) is 0 Å². The maximum Gasteiger partial charge on any atom is 0.125 e. The summed E-state index contributed by atoms with van der Waals surface area (Å²) < 4.78 is 14.1. The minimum Gasteiger partial charge on any atom is -0.328 e. The lowest BCUT2D eigenvalue weighted by atomic mass is 9.83. The van der Waals surface area contributed by atoms with Crippen molar-refractivity contribution in [1.82, 2.24) is 0 Å². The van der Waals surface area contributed by atoms with Crippen LogP contribution in [0.25, 0.3) is 0 Å². The molecule has 13 heavy (non-hydrogen) atoms. The van der Waals surface area contributed by atoms with Gasteiger partial charge in [0.05, 0.1) is 0 Å². The molecule has 0 amide bonds. The predicted octanol–water partition coefficient (Wildman–Crippen LogP) is 3.14. The molecule has 0 aromatic carbocycles. The van der Waals surface area contributed by atoms with Gasteiger partial charge in [0.15, 0.2) is 0 Å². The molecule has 0 saturated heterocycles. The predicted molar refractivity (Wildman–Crippen MR) is 56.4 cm³/mol. The Morgan fingerprint density at radius 1 is 1.31 bits per heavy atom. The van der Waals surface area contributed by atoms with Gasteiger partial charge >= 0.3 is 0 Å². The van der Waals surface area contributed by atoms with Crippen LogP contribution in [0.2, 0.25) is 0 Å². The van der Waals surface area contributed by atoms with Crippen molar-refractivity contribution in [3.63, 3.8) is 0 Å². The topological polar surface area (TPSA) is 26.0 Å². The molecule has 0 radical (unpaired) electrons. The van der Waals surface area contributed by atoms with E-state index in [1.54, 1.807) is 0 Å². The van der Waals surface area contributed by atoms with Crippen LogP contribution in [0.1, 0.15) is 47.0 Å². The standard InChI is InChI=1S/C11H24FN/c1-5-6-10(4)7-11(12,8-13)9(2)3/h9-10H,5-8,13H2,1-4H3. The SMILES string of the molecule is CCCC(C)CC(F)(CN)C(C)C. The van der Waals surface area contributed by atoms with Crippen molar-refractivity contribution in [2.75, 3.05) is 6.54 Å². The van der Waals surface area contributed by atoms with Gasteiger partial charge in [-0.25, -0.2) is 4.39 Å². The van der Waals surface area contributed by atoms with E-state index in [1.165, 1.54) is 0 Å². The zero-order chi connectivity index (χ0) is 10.5. The first kappa shape index (κ1) is 12.9. The van der Waals surface area contributed by atoms with Crippen LogP contribution in [0, 0.1) is 11.8 Å².